The normalized spacial score (nSPS) is 43.6. The van der Waals surface area contributed by atoms with Crippen LogP contribution in [-0.2, 0) is 9.84 Å². The van der Waals surface area contributed by atoms with Crippen molar-refractivity contribution in [3.63, 3.8) is 0 Å². The van der Waals surface area contributed by atoms with Crippen LogP contribution in [0.4, 0.5) is 0 Å². The third-order valence-electron chi connectivity index (χ3n) is 5.76. The summed E-state index contributed by atoms with van der Waals surface area (Å²) in [6.07, 6.45) is 10.7. The number of rotatable bonds is 1. The van der Waals surface area contributed by atoms with Gasteiger partial charge in [-0.2, -0.15) is 0 Å². The molecule has 4 heteroatoms. The molecule has 3 aliphatic rings. The van der Waals surface area contributed by atoms with Gasteiger partial charge < -0.3 is 5.11 Å². The minimum atomic E-state index is -2.94. The molecular weight excluding hydrogens is 260 g/mol. The molecule has 1 aliphatic carbocycles. The quantitative estimate of drug-likeness (QED) is 0.754. The van der Waals surface area contributed by atoms with Crippen LogP contribution >= 0.6 is 0 Å². The molecule has 0 radical (unpaired) electrons. The summed E-state index contributed by atoms with van der Waals surface area (Å²) in [5.74, 6) is 0.341. The summed E-state index contributed by atoms with van der Waals surface area (Å²) < 4.78 is 24.6. The van der Waals surface area contributed by atoms with E-state index in [0.29, 0.717) is 18.8 Å². The van der Waals surface area contributed by atoms with E-state index in [0.717, 1.165) is 32.1 Å². The van der Waals surface area contributed by atoms with E-state index < -0.39 is 15.4 Å². The molecule has 2 heterocycles. The van der Waals surface area contributed by atoms with Gasteiger partial charge in [0.1, 0.15) is 0 Å². The van der Waals surface area contributed by atoms with Crippen LogP contribution in [0.3, 0.4) is 0 Å². The number of hydrogen-bond donors (Lipinski definition) is 1. The lowest BCUT2D eigenvalue weighted by Gasteiger charge is -2.47. The summed E-state index contributed by atoms with van der Waals surface area (Å²) >= 11 is 0. The van der Waals surface area contributed by atoms with Crippen LogP contribution in [0.1, 0.15) is 70.6 Å². The second kappa shape index (κ2) is 5.03. The van der Waals surface area contributed by atoms with E-state index >= 15 is 0 Å². The van der Waals surface area contributed by atoms with E-state index in [1.165, 1.54) is 25.7 Å². The molecule has 3 nitrogen and oxygen atoms in total. The predicted molar refractivity (Wildman–Crippen MR) is 75.7 cm³/mol. The van der Waals surface area contributed by atoms with E-state index in [2.05, 4.69) is 0 Å². The third kappa shape index (κ3) is 2.46. The molecule has 3 fully saturated rings. The number of hydrogen-bond acceptors (Lipinski definition) is 3. The lowest BCUT2D eigenvalue weighted by molar-refractivity contribution is -0.0493. The Morgan fingerprint density at radius 2 is 1.32 bits per heavy atom. The van der Waals surface area contributed by atoms with Crippen LogP contribution in [0, 0.1) is 5.92 Å². The molecule has 2 saturated heterocycles. The van der Waals surface area contributed by atoms with Crippen molar-refractivity contribution < 1.29 is 13.5 Å². The fourth-order valence-corrected chi connectivity index (χ4v) is 7.21. The van der Waals surface area contributed by atoms with Crippen molar-refractivity contribution in [1.29, 1.82) is 0 Å². The first-order chi connectivity index (χ1) is 9.02. The lowest BCUT2D eigenvalue weighted by Crippen LogP contribution is -2.54. The van der Waals surface area contributed by atoms with Gasteiger partial charge in [-0.3, -0.25) is 0 Å². The Kier molecular flexibility index (Phi) is 3.67. The molecule has 0 spiro atoms. The van der Waals surface area contributed by atoms with Crippen LogP contribution in [-0.4, -0.2) is 29.6 Å². The van der Waals surface area contributed by atoms with Gasteiger partial charge >= 0.3 is 0 Å². The number of sulfone groups is 1. The molecule has 2 unspecified atom stereocenters. The van der Waals surface area contributed by atoms with Gasteiger partial charge in [0.25, 0.3) is 0 Å². The maximum Gasteiger partial charge on any atom is 0.156 e. The first kappa shape index (κ1) is 13.9. The minimum absolute atomic E-state index is 0.256. The molecule has 0 aromatic carbocycles. The highest BCUT2D eigenvalue weighted by Gasteiger charge is 2.52. The van der Waals surface area contributed by atoms with Gasteiger partial charge in [-0.1, -0.05) is 32.1 Å². The van der Waals surface area contributed by atoms with Crippen LogP contribution in [0.15, 0.2) is 0 Å². The predicted octanol–water partition coefficient (Wildman–Crippen LogP) is 2.82. The van der Waals surface area contributed by atoms with Crippen molar-refractivity contribution >= 4 is 9.84 Å². The highest BCUT2D eigenvalue weighted by atomic mass is 32.2. The van der Waals surface area contributed by atoms with Crippen molar-refractivity contribution in [2.45, 2.75) is 86.7 Å². The van der Waals surface area contributed by atoms with Crippen molar-refractivity contribution in [3.05, 3.63) is 0 Å². The average Bonchev–Trinajstić information content (AvgIpc) is 2.60. The number of aliphatic hydroxyl groups is 1. The zero-order valence-corrected chi connectivity index (χ0v) is 12.5. The van der Waals surface area contributed by atoms with Crippen LogP contribution in [0.25, 0.3) is 0 Å². The van der Waals surface area contributed by atoms with E-state index in [1.807, 2.05) is 0 Å². The molecule has 110 valence electrons. The molecule has 19 heavy (non-hydrogen) atoms. The van der Waals surface area contributed by atoms with Crippen molar-refractivity contribution in [1.82, 2.24) is 0 Å². The molecule has 0 amide bonds. The summed E-state index contributed by atoms with van der Waals surface area (Å²) in [4.78, 5) is 0. The first-order valence-electron chi connectivity index (χ1n) is 7.97. The average molecular weight is 286 g/mol. The molecule has 2 atom stereocenters. The van der Waals surface area contributed by atoms with E-state index in [4.69, 9.17) is 0 Å². The molecule has 1 saturated carbocycles. The van der Waals surface area contributed by atoms with Crippen molar-refractivity contribution in [2.24, 2.45) is 5.92 Å². The maximum atomic E-state index is 12.3. The van der Waals surface area contributed by atoms with Crippen LogP contribution in [0.2, 0.25) is 0 Å². The van der Waals surface area contributed by atoms with E-state index in [-0.39, 0.29) is 10.5 Å². The summed E-state index contributed by atoms with van der Waals surface area (Å²) in [5.41, 5.74) is -0.689. The first-order valence-corrected chi connectivity index (χ1v) is 9.58. The van der Waals surface area contributed by atoms with Gasteiger partial charge in [-0.25, -0.2) is 8.42 Å². The van der Waals surface area contributed by atoms with Gasteiger partial charge in [0.2, 0.25) is 0 Å². The SMILES string of the molecule is O=S1(=O)C2CCCC1CC(O)(C1CCCCCC1)C2. The maximum absolute atomic E-state index is 12.3. The minimum Gasteiger partial charge on any atom is -0.390 e. The lowest BCUT2D eigenvalue weighted by atomic mass is 9.73. The second-order valence-corrected chi connectivity index (χ2v) is 9.48. The number of fused-ring (bicyclic) bond motifs is 2. The highest BCUT2D eigenvalue weighted by Crippen LogP contribution is 2.47. The molecule has 2 bridgehead atoms. The standard InChI is InChI=1S/C15H26O3S/c16-15(12-6-3-1-2-4-7-12)10-13-8-5-9-14(11-15)19(13,17)18/h12-14,16H,1-11H2. The summed E-state index contributed by atoms with van der Waals surface area (Å²) in [7, 11) is -2.94. The molecule has 1 N–H and O–H groups in total. The Balaban J connectivity index is 1.82. The van der Waals surface area contributed by atoms with Crippen LogP contribution < -0.4 is 0 Å². The topological polar surface area (TPSA) is 54.4 Å². The Morgan fingerprint density at radius 1 is 0.789 bits per heavy atom. The molecular formula is C15H26O3S. The third-order valence-corrected chi connectivity index (χ3v) is 8.42. The van der Waals surface area contributed by atoms with Gasteiger partial charge in [-0.15, -0.1) is 0 Å². The molecule has 3 rings (SSSR count). The fourth-order valence-electron chi connectivity index (χ4n) is 4.63. The van der Waals surface area contributed by atoms with Crippen molar-refractivity contribution in [2.75, 3.05) is 0 Å². The van der Waals surface area contributed by atoms with Gasteiger partial charge in [-0.05, 0) is 44.4 Å². The molecule has 0 aromatic heterocycles. The largest absolute Gasteiger partial charge is 0.390 e. The Morgan fingerprint density at radius 3 is 1.84 bits per heavy atom. The Hall–Kier alpha value is -0.0900. The molecule has 2 aliphatic heterocycles. The Bertz CT molecular complexity index is 401. The highest BCUT2D eigenvalue weighted by molar-refractivity contribution is 7.92. The second-order valence-electron chi connectivity index (χ2n) is 6.96. The van der Waals surface area contributed by atoms with Gasteiger partial charge in [0, 0.05) is 0 Å². The smallest absolute Gasteiger partial charge is 0.156 e. The van der Waals surface area contributed by atoms with E-state index in [1.54, 1.807) is 0 Å². The van der Waals surface area contributed by atoms with Crippen LogP contribution in [0.5, 0.6) is 0 Å². The zero-order chi connectivity index (χ0) is 13.5. The fraction of sp³-hybridized carbons (Fsp3) is 1.00. The monoisotopic (exact) mass is 286 g/mol. The van der Waals surface area contributed by atoms with Gasteiger partial charge in [0.05, 0.1) is 16.1 Å². The molecule has 0 aromatic rings. The summed E-state index contributed by atoms with van der Waals surface area (Å²) in [6, 6.07) is 0. The zero-order valence-electron chi connectivity index (χ0n) is 11.7. The Labute approximate surface area is 116 Å². The van der Waals surface area contributed by atoms with Gasteiger partial charge in [0.15, 0.2) is 9.84 Å². The van der Waals surface area contributed by atoms with Crippen molar-refractivity contribution in [3.8, 4) is 0 Å². The summed E-state index contributed by atoms with van der Waals surface area (Å²) in [6.45, 7) is 0. The van der Waals surface area contributed by atoms with E-state index in [9.17, 15) is 13.5 Å². The summed E-state index contributed by atoms with van der Waals surface area (Å²) in [5, 5.41) is 10.6.